The van der Waals surface area contributed by atoms with Gasteiger partial charge < -0.3 is 10.1 Å². The summed E-state index contributed by atoms with van der Waals surface area (Å²) in [5.41, 5.74) is 2.17. The zero-order chi connectivity index (χ0) is 22.3. The third-order valence-electron chi connectivity index (χ3n) is 5.22. The number of ether oxygens (including phenoxy) is 1. The molecule has 1 aliphatic rings. The molecule has 1 amide bonds. The summed E-state index contributed by atoms with van der Waals surface area (Å²) in [6.07, 6.45) is 3.70. The minimum Gasteiger partial charge on any atom is -0.452 e. The Morgan fingerprint density at radius 1 is 1.00 bits per heavy atom. The van der Waals surface area contributed by atoms with Crippen molar-refractivity contribution in [3.8, 4) is 0 Å². The molecule has 2 aromatic rings. The van der Waals surface area contributed by atoms with Crippen molar-refractivity contribution < 1.29 is 22.7 Å². The Hall–Kier alpha value is -2.71. The Morgan fingerprint density at radius 2 is 1.68 bits per heavy atom. The van der Waals surface area contributed by atoms with Crippen LogP contribution in [0.2, 0.25) is 0 Å². The van der Waals surface area contributed by atoms with Crippen molar-refractivity contribution >= 4 is 21.9 Å². The second-order valence-corrected chi connectivity index (χ2v) is 9.62. The van der Waals surface area contributed by atoms with Gasteiger partial charge in [0.15, 0.2) is 6.61 Å². The lowest BCUT2D eigenvalue weighted by molar-refractivity contribution is -0.124. The lowest BCUT2D eigenvalue weighted by atomic mass is 10.1. The van der Waals surface area contributed by atoms with Gasteiger partial charge in [-0.05, 0) is 43.5 Å². The van der Waals surface area contributed by atoms with E-state index >= 15 is 0 Å². The number of hydrogen-bond donors (Lipinski definition) is 1. The standard InChI is InChI=1S/C23H28N2O5S/c1-18-9-11-19(12-10-18)16-24-22(26)17-30-23(27)20-7-6-8-21(15-20)31(28,29)25-13-4-2-3-5-14-25/h6-12,15H,2-5,13-14,16-17H2,1H3,(H,24,26). The third-order valence-corrected chi connectivity index (χ3v) is 7.11. The maximum absolute atomic E-state index is 12.9. The highest BCUT2D eigenvalue weighted by molar-refractivity contribution is 7.89. The van der Waals surface area contributed by atoms with Crippen LogP contribution >= 0.6 is 0 Å². The molecule has 0 atom stereocenters. The summed E-state index contributed by atoms with van der Waals surface area (Å²) in [4.78, 5) is 24.4. The van der Waals surface area contributed by atoms with Crippen LogP contribution in [0.1, 0.15) is 47.2 Å². The molecular formula is C23H28N2O5S. The Kier molecular flexibility index (Phi) is 7.81. The molecule has 1 saturated heterocycles. The number of hydrogen-bond acceptors (Lipinski definition) is 5. The zero-order valence-electron chi connectivity index (χ0n) is 17.7. The molecule has 1 aliphatic heterocycles. The predicted octanol–water partition coefficient (Wildman–Crippen LogP) is 3.03. The van der Waals surface area contributed by atoms with Gasteiger partial charge >= 0.3 is 5.97 Å². The second-order valence-electron chi connectivity index (χ2n) is 7.68. The summed E-state index contributed by atoms with van der Waals surface area (Å²) < 4.78 is 32.4. The molecule has 166 valence electrons. The van der Waals surface area contributed by atoms with Crippen LogP contribution in [0.4, 0.5) is 0 Å². The minimum atomic E-state index is -3.67. The normalized spacial score (nSPS) is 15.1. The molecule has 0 aliphatic carbocycles. The molecule has 31 heavy (non-hydrogen) atoms. The molecule has 0 spiro atoms. The van der Waals surface area contributed by atoms with E-state index in [9.17, 15) is 18.0 Å². The van der Waals surface area contributed by atoms with E-state index in [1.165, 1.54) is 28.6 Å². The largest absolute Gasteiger partial charge is 0.452 e. The van der Waals surface area contributed by atoms with Gasteiger partial charge in [-0.2, -0.15) is 4.31 Å². The summed E-state index contributed by atoms with van der Waals surface area (Å²) in [6.45, 7) is 2.85. The first-order valence-corrected chi connectivity index (χ1v) is 11.9. The van der Waals surface area contributed by atoms with Gasteiger partial charge in [0.2, 0.25) is 10.0 Å². The first-order valence-electron chi connectivity index (χ1n) is 10.5. The molecule has 2 aromatic carbocycles. The number of esters is 1. The molecule has 0 radical (unpaired) electrons. The minimum absolute atomic E-state index is 0.0627. The van der Waals surface area contributed by atoms with Crippen molar-refractivity contribution in [2.75, 3.05) is 19.7 Å². The van der Waals surface area contributed by atoms with Crippen LogP contribution in [0.3, 0.4) is 0 Å². The van der Waals surface area contributed by atoms with E-state index in [2.05, 4.69) is 5.32 Å². The van der Waals surface area contributed by atoms with Crippen molar-refractivity contribution in [1.29, 1.82) is 0 Å². The fourth-order valence-electron chi connectivity index (χ4n) is 3.39. The van der Waals surface area contributed by atoms with Crippen molar-refractivity contribution in [3.63, 3.8) is 0 Å². The zero-order valence-corrected chi connectivity index (χ0v) is 18.5. The maximum Gasteiger partial charge on any atom is 0.338 e. The molecule has 1 heterocycles. The molecule has 0 bridgehead atoms. The lowest BCUT2D eigenvalue weighted by Gasteiger charge is -2.20. The molecule has 0 unspecified atom stereocenters. The SMILES string of the molecule is Cc1ccc(CNC(=O)COC(=O)c2cccc(S(=O)(=O)N3CCCCCC3)c2)cc1. The van der Waals surface area contributed by atoms with Crippen LogP contribution in [0, 0.1) is 6.92 Å². The monoisotopic (exact) mass is 444 g/mol. The summed E-state index contributed by atoms with van der Waals surface area (Å²) in [7, 11) is -3.67. The van der Waals surface area contributed by atoms with Crippen molar-refractivity contribution in [3.05, 3.63) is 65.2 Å². The van der Waals surface area contributed by atoms with Crippen LogP contribution in [-0.2, 0) is 26.1 Å². The molecule has 1 fully saturated rings. The van der Waals surface area contributed by atoms with E-state index in [0.717, 1.165) is 36.8 Å². The van der Waals surface area contributed by atoms with E-state index in [1.54, 1.807) is 0 Å². The smallest absolute Gasteiger partial charge is 0.338 e. The summed E-state index contributed by atoms with van der Waals surface area (Å²) in [5.74, 6) is -1.17. The number of amides is 1. The topological polar surface area (TPSA) is 92.8 Å². The van der Waals surface area contributed by atoms with Gasteiger partial charge in [-0.1, -0.05) is 48.7 Å². The van der Waals surface area contributed by atoms with Gasteiger partial charge in [0, 0.05) is 19.6 Å². The van der Waals surface area contributed by atoms with Crippen molar-refractivity contribution in [2.45, 2.75) is 44.0 Å². The van der Waals surface area contributed by atoms with E-state index < -0.39 is 28.5 Å². The van der Waals surface area contributed by atoms with Crippen LogP contribution in [0.5, 0.6) is 0 Å². The molecule has 0 saturated carbocycles. The highest BCUT2D eigenvalue weighted by Crippen LogP contribution is 2.21. The van der Waals surface area contributed by atoms with E-state index in [1.807, 2.05) is 31.2 Å². The molecule has 0 aromatic heterocycles. The van der Waals surface area contributed by atoms with Gasteiger partial charge in [-0.25, -0.2) is 13.2 Å². The molecule has 1 N–H and O–H groups in total. The lowest BCUT2D eigenvalue weighted by Crippen LogP contribution is -2.32. The summed E-state index contributed by atoms with van der Waals surface area (Å²) in [6, 6.07) is 13.5. The quantitative estimate of drug-likeness (QED) is 0.663. The highest BCUT2D eigenvalue weighted by Gasteiger charge is 2.26. The number of aryl methyl sites for hydroxylation is 1. The molecule has 3 rings (SSSR count). The average Bonchev–Trinajstić information content (AvgIpc) is 3.07. The van der Waals surface area contributed by atoms with E-state index in [0.29, 0.717) is 19.6 Å². The van der Waals surface area contributed by atoms with Gasteiger partial charge in [0.25, 0.3) is 5.91 Å². The number of sulfonamides is 1. The fourth-order valence-corrected chi connectivity index (χ4v) is 4.95. The van der Waals surface area contributed by atoms with Crippen molar-refractivity contribution in [1.82, 2.24) is 9.62 Å². The Balaban J connectivity index is 1.56. The number of nitrogens with one attached hydrogen (secondary N) is 1. The third kappa shape index (κ3) is 6.38. The number of carbonyl (C=O) groups excluding carboxylic acids is 2. The maximum atomic E-state index is 12.9. The Morgan fingerprint density at radius 3 is 2.35 bits per heavy atom. The van der Waals surface area contributed by atoms with Crippen molar-refractivity contribution in [2.24, 2.45) is 0 Å². The van der Waals surface area contributed by atoms with Gasteiger partial charge in [0.05, 0.1) is 10.5 Å². The summed E-state index contributed by atoms with van der Waals surface area (Å²) >= 11 is 0. The summed E-state index contributed by atoms with van der Waals surface area (Å²) in [5, 5.41) is 2.69. The first kappa shape index (κ1) is 23.0. The molecule has 8 heteroatoms. The second kappa shape index (κ2) is 10.5. The number of benzene rings is 2. The van der Waals surface area contributed by atoms with Crippen LogP contribution in [0.25, 0.3) is 0 Å². The average molecular weight is 445 g/mol. The van der Waals surface area contributed by atoms with E-state index in [4.69, 9.17) is 4.74 Å². The van der Waals surface area contributed by atoms with Gasteiger partial charge in [0.1, 0.15) is 0 Å². The molecule has 7 nitrogen and oxygen atoms in total. The van der Waals surface area contributed by atoms with Gasteiger partial charge in [-0.15, -0.1) is 0 Å². The number of nitrogens with zero attached hydrogens (tertiary/aromatic N) is 1. The Bertz CT molecular complexity index is 1010. The first-order chi connectivity index (χ1) is 14.9. The predicted molar refractivity (Wildman–Crippen MR) is 117 cm³/mol. The van der Waals surface area contributed by atoms with Crippen LogP contribution in [-0.4, -0.2) is 44.3 Å². The highest BCUT2D eigenvalue weighted by atomic mass is 32.2. The Labute approximate surface area is 183 Å². The number of carbonyl (C=O) groups is 2. The van der Waals surface area contributed by atoms with Crippen LogP contribution < -0.4 is 5.32 Å². The van der Waals surface area contributed by atoms with Crippen LogP contribution in [0.15, 0.2) is 53.4 Å². The van der Waals surface area contributed by atoms with E-state index in [-0.39, 0.29) is 10.5 Å². The number of rotatable bonds is 7. The van der Waals surface area contributed by atoms with Gasteiger partial charge in [-0.3, -0.25) is 4.79 Å². The molecular weight excluding hydrogens is 416 g/mol. The fraction of sp³-hybridized carbons (Fsp3) is 0.391.